The molecule has 0 fully saturated rings. The molecule has 202 valence electrons. The number of aromatic nitrogens is 3. The molecule has 4 rings (SSSR count). The van der Waals surface area contributed by atoms with Crippen LogP contribution in [0.4, 0.5) is 0 Å². The third-order valence-electron chi connectivity index (χ3n) is 5.53. The van der Waals surface area contributed by atoms with Crippen molar-refractivity contribution in [3.8, 4) is 45.8 Å². The lowest BCUT2D eigenvalue weighted by Gasteiger charge is -2.12. The minimum absolute atomic E-state index is 0.0382. The van der Waals surface area contributed by atoms with Crippen LogP contribution in [0.25, 0.3) is 17.1 Å². The molecule has 2 N–H and O–H groups in total. The summed E-state index contributed by atoms with van der Waals surface area (Å²) in [5.41, 5.74) is 4.67. The van der Waals surface area contributed by atoms with Crippen molar-refractivity contribution in [2.45, 2.75) is 5.16 Å². The molecule has 12 heteroatoms. The normalized spacial score (nSPS) is 10.9. The monoisotopic (exact) mass is 549 g/mol. The van der Waals surface area contributed by atoms with Crippen LogP contribution in [0.3, 0.4) is 0 Å². The largest absolute Gasteiger partial charge is 0.502 e. The first-order chi connectivity index (χ1) is 19.0. The summed E-state index contributed by atoms with van der Waals surface area (Å²) >= 11 is 1.22. The van der Waals surface area contributed by atoms with E-state index in [1.807, 2.05) is 47.0 Å². The van der Waals surface area contributed by atoms with E-state index in [1.165, 1.54) is 32.2 Å². The van der Waals surface area contributed by atoms with E-state index in [9.17, 15) is 9.90 Å². The standard InChI is InChI=1S/C27H27N5O6S/c1-35-20-11-10-18(14-21(20)36-2)26-30-31-27(32(26)19-8-6-5-7-9-19)39-16-24(33)29-28-15-17-12-22(37-3)25(34)23(13-17)38-4/h5-15,34H,16H2,1-4H3,(H,29,33)/b28-15+. The lowest BCUT2D eigenvalue weighted by atomic mass is 10.2. The summed E-state index contributed by atoms with van der Waals surface area (Å²) in [6.45, 7) is 0. The van der Waals surface area contributed by atoms with E-state index in [-0.39, 0.29) is 28.9 Å². The summed E-state index contributed by atoms with van der Waals surface area (Å²) in [5, 5.41) is 23.3. The van der Waals surface area contributed by atoms with Crippen LogP contribution in [0.1, 0.15) is 5.56 Å². The predicted molar refractivity (Wildman–Crippen MR) is 148 cm³/mol. The van der Waals surface area contributed by atoms with Crippen molar-refractivity contribution in [2.24, 2.45) is 5.10 Å². The number of phenolic OH excluding ortho intramolecular Hbond substituents is 1. The van der Waals surface area contributed by atoms with Gasteiger partial charge in [-0.2, -0.15) is 5.10 Å². The van der Waals surface area contributed by atoms with Crippen molar-refractivity contribution in [3.63, 3.8) is 0 Å². The van der Waals surface area contributed by atoms with Crippen LogP contribution in [0, 0.1) is 0 Å². The first-order valence-corrected chi connectivity index (χ1v) is 12.6. The van der Waals surface area contributed by atoms with E-state index in [2.05, 4.69) is 20.7 Å². The van der Waals surface area contributed by atoms with Crippen LogP contribution >= 0.6 is 11.8 Å². The van der Waals surface area contributed by atoms with Gasteiger partial charge >= 0.3 is 0 Å². The summed E-state index contributed by atoms with van der Waals surface area (Å²) in [5.74, 6) is 1.77. The van der Waals surface area contributed by atoms with E-state index in [0.29, 0.717) is 28.0 Å². The quantitative estimate of drug-likeness (QED) is 0.162. The number of carbonyl (C=O) groups excluding carboxylic acids is 1. The minimum atomic E-state index is -0.343. The highest BCUT2D eigenvalue weighted by atomic mass is 32.2. The van der Waals surface area contributed by atoms with Gasteiger partial charge in [0.25, 0.3) is 5.91 Å². The van der Waals surface area contributed by atoms with Crippen molar-refractivity contribution in [1.82, 2.24) is 20.2 Å². The molecule has 1 amide bonds. The predicted octanol–water partition coefficient (Wildman–Crippen LogP) is 3.92. The number of thioether (sulfide) groups is 1. The number of hydrogen-bond donors (Lipinski definition) is 2. The van der Waals surface area contributed by atoms with Gasteiger partial charge in [-0.05, 0) is 42.5 Å². The molecule has 11 nitrogen and oxygen atoms in total. The summed E-state index contributed by atoms with van der Waals surface area (Å²) in [6, 6.07) is 18.2. The van der Waals surface area contributed by atoms with Crippen molar-refractivity contribution in [2.75, 3.05) is 34.2 Å². The van der Waals surface area contributed by atoms with Crippen LogP contribution in [0.15, 0.2) is 70.9 Å². The van der Waals surface area contributed by atoms with Crippen molar-refractivity contribution >= 4 is 23.9 Å². The Balaban J connectivity index is 1.52. The smallest absolute Gasteiger partial charge is 0.250 e. The average Bonchev–Trinajstić information content (AvgIpc) is 3.40. The molecule has 0 atom stereocenters. The number of para-hydroxylation sites is 1. The second kappa shape index (κ2) is 12.7. The van der Waals surface area contributed by atoms with Gasteiger partial charge in [0.1, 0.15) is 0 Å². The molecule has 0 radical (unpaired) electrons. The van der Waals surface area contributed by atoms with Gasteiger partial charge in [0, 0.05) is 16.8 Å². The number of nitrogens with one attached hydrogen (secondary N) is 1. The number of hydrazone groups is 1. The third kappa shape index (κ3) is 6.24. The molecule has 39 heavy (non-hydrogen) atoms. The molecule has 0 saturated carbocycles. The molecular weight excluding hydrogens is 522 g/mol. The number of amides is 1. The summed E-state index contributed by atoms with van der Waals surface area (Å²) in [4.78, 5) is 12.6. The zero-order chi connectivity index (χ0) is 27.8. The van der Waals surface area contributed by atoms with Crippen LogP contribution in [-0.4, -0.2) is 66.2 Å². The van der Waals surface area contributed by atoms with E-state index in [4.69, 9.17) is 18.9 Å². The fraction of sp³-hybridized carbons (Fsp3) is 0.185. The Hall–Kier alpha value is -4.71. The maximum Gasteiger partial charge on any atom is 0.250 e. The van der Waals surface area contributed by atoms with Crippen molar-refractivity contribution in [3.05, 3.63) is 66.2 Å². The van der Waals surface area contributed by atoms with Crippen LogP contribution < -0.4 is 24.4 Å². The third-order valence-corrected chi connectivity index (χ3v) is 6.46. The van der Waals surface area contributed by atoms with Crippen LogP contribution in [0.2, 0.25) is 0 Å². The van der Waals surface area contributed by atoms with Gasteiger partial charge in [0.05, 0.1) is 40.4 Å². The van der Waals surface area contributed by atoms with Crippen molar-refractivity contribution < 1.29 is 28.8 Å². The lowest BCUT2D eigenvalue weighted by molar-refractivity contribution is -0.118. The minimum Gasteiger partial charge on any atom is -0.502 e. The zero-order valence-electron chi connectivity index (χ0n) is 21.7. The Labute approximate surface area is 229 Å². The molecule has 0 aliphatic heterocycles. The number of benzene rings is 3. The highest BCUT2D eigenvalue weighted by Crippen LogP contribution is 2.37. The maximum absolute atomic E-state index is 12.6. The Bertz CT molecular complexity index is 1450. The summed E-state index contributed by atoms with van der Waals surface area (Å²) in [7, 11) is 6.01. The molecular formula is C27H27N5O6S. The van der Waals surface area contributed by atoms with Crippen LogP contribution in [-0.2, 0) is 4.79 Å². The molecule has 0 spiro atoms. The van der Waals surface area contributed by atoms with Gasteiger partial charge in [-0.25, -0.2) is 5.43 Å². The number of nitrogens with zero attached hydrogens (tertiary/aromatic N) is 4. The van der Waals surface area contributed by atoms with Gasteiger partial charge in [0.2, 0.25) is 5.75 Å². The van der Waals surface area contributed by atoms with Gasteiger partial charge in [-0.1, -0.05) is 30.0 Å². The summed E-state index contributed by atoms with van der Waals surface area (Å²) in [6.07, 6.45) is 1.43. The zero-order valence-corrected chi connectivity index (χ0v) is 22.6. The Morgan fingerprint density at radius 2 is 1.59 bits per heavy atom. The van der Waals surface area contributed by atoms with Gasteiger partial charge in [-0.3, -0.25) is 9.36 Å². The van der Waals surface area contributed by atoms with E-state index in [1.54, 1.807) is 32.4 Å². The number of phenols is 1. The molecule has 3 aromatic carbocycles. The SMILES string of the molecule is COc1ccc(-c2nnc(SCC(=O)N/N=C/c3cc(OC)c(O)c(OC)c3)n2-c2ccccc2)cc1OC. The highest BCUT2D eigenvalue weighted by molar-refractivity contribution is 7.99. The second-order valence-electron chi connectivity index (χ2n) is 7.90. The summed E-state index contributed by atoms with van der Waals surface area (Å²) < 4.78 is 22.9. The molecule has 0 aliphatic rings. The van der Waals surface area contributed by atoms with Gasteiger partial charge in [-0.15, -0.1) is 10.2 Å². The van der Waals surface area contributed by atoms with Gasteiger partial charge < -0.3 is 24.1 Å². The number of methoxy groups -OCH3 is 4. The number of hydrogen-bond acceptors (Lipinski definition) is 10. The Morgan fingerprint density at radius 1 is 0.923 bits per heavy atom. The van der Waals surface area contributed by atoms with Gasteiger partial charge in [0.15, 0.2) is 34.0 Å². The molecule has 1 heterocycles. The van der Waals surface area contributed by atoms with E-state index in [0.717, 1.165) is 11.3 Å². The average molecular weight is 550 g/mol. The highest BCUT2D eigenvalue weighted by Gasteiger charge is 2.19. The second-order valence-corrected chi connectivity index (χ2v) is 8.85. The number of carbonyl (C=O) groups is 1. The fourth-order valence-electron chi connectivity index (χ4n) is 3.66. The van der Waals surface area contributed by atoms with E-state index >= 15 is 0 Å². The topological polar surface area (TPSA) is 129 Å². The van der Waals surface area contributed by atoms with Crippen molar-refractivity contribution in [1.29, 1.82) is 0 Å². The number of ether oxygens (including phenoxy) is 4. The molecule has 4 aromatic rings. The fourth-order valence-corrected chi connectivity index (χ4v) is 4.41. The molecule has 0 saturated heterocycles. The molecule has 1 aromatic heterocycles. The van der Waals surface area contributed by atoms with E-state index < -0.39 is 0 Å². The number of rotatable bonds is 11. The molecule has 0 unspecified atom stereocenters. The Kier molecular flexibility index (Phi) is 8.90. The lowest BCUT2D eigenvalue weighted by Crippen LogP contribution is -2.20. The van der Waals surface area contributed by atoms with Crippen LogP contribution in [0.5, 0.6) is 28.7 Å². The molecule has 0 bridgehead atoms. The maximum atomic E-state index is 12.6. The molecule has 0 aliphatic carbocycles. The first kappa shape index (κ1) is 27.3. The Morgan fingerprint density at radius 3 is 2.23 bits per heavy atom. The first-order valence-electron chi connectivity index (χ1n) is 11.6. The number of aromatic hydroxyl groups is 1.